The lowest BCUT2D eigenvalue weighted by Crippen LogP contribution is -2.27. The molecule has 0 aromatic heterocycles. The summed E-state index contributed by atoms with van der Waals surface area (Å²) in [6.07, 6.45) is 0.520. The van der Waals surface area contributed by atoms with Gasteiger partial charge in [-0.3, -0.25) is 9.59 Å². The van der Waals surface area contributed by atoms with E-state index in [9.17, 15) is 14.0 Å². The zero-order valence-electron chi connectivity index (χ0n) is 16.2. The third kappa shape index (κ3) is 4.68. The summed E-state index contributed by atoms with van der Waals surface area (Å²) in [5, 5.41) is 5.60. The molecule has 2 aromatic carbocycles. The SMILES string of the molecule is CCN(CC)c1ccc(NC(=O)C2CC2C(=O)NCc2ccccc2F)cc1. The van der Waals surface area contributed by atoms with E-state index in [1.54, 1.807) is 18.2 Å². The highest BCUT2D eigenvalue weighted by Gasteiger charge is 2.47. The highest BCUT2D eigenvalue weighted by molar-refractivity contribution is 5.99. The minimum atomic E-state index is -0.346. The Morgan fingerprint density at radius 2 is 1.64 bits per heavy atom. The van der Waals surface area contributed by atoms with Crippen molar-refractivity contribution in [3.63, 3.8) is 0 Å². The normalized spacial score (nSPS) is 17.7. The molecule has 0 bridgehead atoms. The molecule has 5 nitrogen and oxygen atoms in total. The number of carbonyl (C=O) groups excluding carboxylic acids is 2. The second-order valence-electron chi connectivity index (χ2n) is 6.97. The van der Waals surface area contributed by atoms with Crippen molar-refractivity contribution in [2.45, 2.75) is 26.8 Å². The van der Waals surface area contributed by atoms with Crippen LogP contribution in [-0.2, 0) is 16.1 Å². The largest absolute Gasteiger partial charge is 0.372 e. The van der Waals surface area contributed by atoms with Crippen molar-refractivity contribution in [3.05, 3.63) is 59.9 Å². The van der Waals surface area contributed by atoms with Gasteiger partial charge in [-0.1, -0.05) is 18.2 Å². The van der Waals surface area contributed by atoms with Gasteiger partial charge in [-0.05, 0) is 50.6 Å². The molecule has 0 spiro atoms. The molecule has 6 heteroatoms. The molecular formula is C22H26FN3O2. The second-order valence-corrected chi connectivity index (χ2v) is 6.97. The second kappa shape index (κ2) is 8.87. The van der Waals surface area contributed by atoms with Crippen LogP contribution in [-0.4, -0.2) is 24.9 Å². The Labute approximate surface area is 164 Å². The van der Waals surface area contributed by atoms with Gasteiger partial charge in [-0.2, -0.15) is 0 Å². The summed E-state index contributed by atoms with van der Waals surface area (Å²) in [6, 6.07) is 14.0. The number of benzene rings is 2. The fourth-order valence-electron chi connectivity index (χ4n) is 3.31. The van der Waals surface area contributed by atoms with Crippen molar-refractivity contribution in [2.24, 2.45) is 11.8 Å². The summed E-state index contributed by atoms with van der Waals surface area (Å²) in [5.74, 6) is -1.38. The maximum atomic E-state index is 13.6. The van der Waals surface area contributed by atoms with Gasteiger partial charge in [0.25, 0.3) is 0 Å². The van der Waals surface area contributed by atoms with Crippen molar-refractivity contribution in [3.8, 4) is 0 Å². The van der Waals surface area contributed by atoms with E-state index in [1.165, 1.54) is 6.07 Å². The quantitative estimate of drug-likeness (QED) is 0.733. The minimum absolute atomic E-state index is 0.128. The van der Waals surface area contributed by atoms with E-state index in [0.717, 1.165) is 24.5 Å². The average Bonchev–Trinajstić information content (AvgIpc) is 3.50. The minimum Gasteiger partial charge on any atom is -0.372 e. The Hall–Kier alpha value is -2.89. The smallest absolute Gasteiger partial charge is 0.228 e. The van der Waals surface area contributed by atoms with Crippen molar-refractivity contribution < 1.29 is 14.0 Å². The van der Waals surface area contributed by atoms with Gasteiger partial charge < -0.3 is 15.5 Å². The highest BCUT2D eigenvalue weighted by atomic mass is 19.1. The van der Waals surface area contributed by atoms with E-state index < -0.39 is 0 Å². The topological polar surface area (TPSA) is 61.4 Å². The first kappa shape index (κ1) is 19.9. The monoisotopic (exact) mass is 383 g/mol. The molecular weight excluding hydrogens is 357 g/mol. The molecule has 2 N–H and O–H groups in total. The summed E-state index contributed by atoms with van der Waals surface area (Å²) < 4.78 is 13.6. The van der Waals surface area contributed by atoms with Crippen LogP contribution in [0.5, 0.6) is 0 Å². The third-order valence-electron chi connectivity index (χ3n) is 5.14. The van der Waals surface area contributed by atoms with E-state index in [-0.39, 0.29) is 36.0 Å². The van der Waals surface area contributed by atoms with Crippen molar-refractivity contribution in [1.29, 1.82) is 0 Å². The number of rotatable bonds is 8. The molecule has 1 aliphatic rings. The third-order valence-corrected chi connectivity index (χ3v) is 5.14. The molecule has 0 radical (unpaired) electrons. The summed E-state index contributed by atoms with van der Waals surface area (Å²) in [6.45, 7) is 6.18. The molecule has 1 saturated carbocycles. The number of hydrogen-bond donors (Lipinski definition) is 2. The first-order valence-electron chi connectivity index (χ1n) is 9.70. The predicted molar refractivity (Wildman–Crippen MR) is 108 cm³/mol. The molecule has 3 rings (SSSR count). The Kier molecular flexibility index (Phi) is 6.29. The number of carbonyl (C=O) groups is 2. The molecule has 0 heterocycles. The Bertz CT molecular complexity index is 834. The average molecular weight is 383 g/mol. The van der Waals surface area contributed by atoms with Gasteiger partial charge in [0, 0.05) is 36.6 Å². The molecule has 1 fully saturated rings. The number of anilines is 2. The maximum absolute atomic E-state index is 13.6. The molecule has 2 atom stereocenters. The standard InChI is InChI=1S/C22H26FN3O2/c1-3-26(4-2)17-11-9-16(10-12-17)25-22(28)19-13-18(19)21(27)24-14-15-7-5-6-8-20(15)23/h5-12,18-19H,3-4,13-14H2,1-2H3,(H,24,27)(H,25,28). The van der Waals surface area contributed by atoms with Crippen molar-refractivity contribution in [1.82, 2.24) is 5.32 Å². The van der Waals surface area contributed by atoms with Crippen LogP contribution in [0.4, 0.5) is 15.8 Å². The van der Waals surface area contributed by atoms with E-state index in [1.807, 2.05) is 24.3 Å². The number of halogens is 1. The van der Waals surface area contributed by atoms with Crippen LogP contribution in [0.15, 0.2) is 48.5 Å². The van der Waals surface area contributed by atoms with Gasteiger partial charge in [0.1, 0.15) is 5.82 Å². The zero-order chi connectivity index (χ0) is 20.1. The van der Waals surface area contributed by atoms with Crippen LogP contribution in [0.25, 0.3) is 0 Å². The fraction of sp³-hybridized carbons (Fsp3) is 0.364. The van der Waals surface area contributed by atoms with Crippen LogP contribution in [0.1, 0.15) is 25.8 Å². The lowest BCUT2D eigenvalue weighted by atomic mass is 10.2. The maximum Gasteiger partial charge on any atom is 0.228 e. The van der Waals surface area contributed by atoms with Crippen LogP contribution in [0.3, 0.4) is 0 Å². The molecule has 2 aromatic rings. The van der Waals surface area contributed by atoms with E-state index in [0.29, 0.717) is 12.0 Å². The molecule has 148 valence electrons. The Morgan fingerprint density at radius 1 is 1.00 bits per heavy atom. The molecule has 28 heavy (non-hydrogen) atoms. The molecule has 0 aliphatic heterocycles. The molecule has 1 aliphatic carbocycles. The van der Waals surface area contributed by atoms with Crippen molar-refractivity contribution in [2.75, 3.05) is 23.3 Å². The van der Waals surface area contributed by atoms with Crippen LogP contribution in [0.2, 0.25) is 0 Å². The van der Waals surface area contributed by atoms with Gasteiger partial charge in [-0.15, -0.1) is 0 Å². The number of nitrogens with zero attached hydrogens (tertiary/aromatic N) is 1. The summed E-state index contributed by atoms with van der Waals surface area (Å²) >= 11 is 0. The number of hydrogen-bond acceptors (Lipinski definition) is 3. The van der Waals surface area contributed by atoms with Crippen molar-refractivity contribution >= 4 is 23.2 Å². The summed E-state index contributed by atoms with van der Waals surface area (Å²) in [5.41, 5.74) is 2.27. The van der Waals surface area contributed by atoms with Crippen LogP contribution < -0.4 is 15.5 Å². The highest BCUT2D eigenvalue weighted by Crippen LogP contribution is 2.39. The number of nitrogens with one attached hydrogen (secondary N) is 2. The van der Waals surface area contributed by atoms with E-state index >= 15 is 0 Å². The predicted octanol–water partition coefficient (Wildman–Crippen LogP) is 3.56. The van der Waals surface area contributed by atoms with Gasteiger partial charge >= 0.3 is 0 Å². The molecule has 0 saturated heterocycles. The van der Waals surface area contributed by atoms with Crippen LogP contribution in [0, 0.1) is 17.7 Å². The summed E-state index contributed by atoms with van der Waals surface area (Å²) in [7, 11) is 0. The van der Waals surface area contributed by atoms with Gasteiger partial charge in [0.2, 0.25) is 11.8 Å². The summed E-state index contributed by atoms with van der Waals surface area (Å²) in [4.78, 5) is 26.8. The molecule has 2 amide bonds. The molecule has 2 unspecified atom stereocenters. The zero-order valence-corrected chi connectivity index (χ0v) is 16.2. The van der Waals surface area contributed by atoms with Gasteiger partial charge in [0.15, 0.2) is 0 Å². The van der Waals surface area contributed by atoms with Gasteiger partial charge in [0.05, 0.1) is 11.8 Å². The first-order valence-corrected chi connectivity index (χ1v) is 9.70. The lowest BCUT2D eigenvalue weighted by Gasteiger charge is -2.21. The van der Waals surface area contributed by atoms with Crippen LogP contribution >= 0.6 is 0 Å². The van der Waals surface area contributed by atoms with E-state index in [4.69, 9.17) is 0 Å². The number of amides is 2. The van der Waals surface area contributed by atoms with E-state index in [2.05, 4.69) is 29.4 Å². The Balaban J connectivity index is 1.48. The van der Waals surface area contributed by atoms with Gasteiger partial charge in [-0.25, -0.2) is 4.39 Å². The first-order chi connectivity index (χ1) is 13.5. The fourth-order valence-corrected chi connectivity index (χ4v) is 3.31. The Morgan fingerprint density at radius 3 is 2.29 bits per heavy atom. The lowest BCUT2D eigenvalue weighted by molar-refractivity contribution is -0.125.